The maximum Gasteiger partial charge on any atom is 0.277 e. The summed E-state index contributed by atoms with van der Waals surface area (Å²) in [6, 6.07) is 7.65. The number of methoxy groups -OCH3 is 1. The number of rotatable bonds is 10. The van der Waals surface area contributed by atoms with Gasteiger partial charge in [0.25, 0.3) is 5.91 Å². The molecule has 0 spiro atoms. The summed E-state index contributed by atoms with van der Waals surface area (Å²) in [7, 11) is 1.57. The van der Waals surface area contributed by atoms with Gasteiger partial charge in [0.05, 0.1) is 12.1 Å². The fourth-order valence-electron chi connectivity index (χ4n) is 2.49. The molecule has 0 saturated heterocycles. The zero-order valence-electron chi connectivity index (χ0n) is 16.0. The molecule has 0 fully saturated rings. The highest BCUT2D eigenvalue weighted by Gasteiger charge is 2.15. The normalized spacial score (nSPS) is 10.3. The number of carbonyl (C=O) groups excluding carboxylic acids is 1. The standard InChI is InChI=1S/C18H20ClN5O4S.ClH/c1-26-14-8-11(7-13(19)16(14)27-10-12-3-2-6-29-12)9-21-4-5-22-18(25)15-17(20)24-28-23-15;/h2-3,6-8,21H,4-5,9-10H2,1H3,(H2,20,24)(H,22,25);1H. The molecule has 162 valence electrons. The second-order valence-corrected chi connectivity index (χ2v) is 7.35. The number of nitrogens with zero attached hydrogens (tertiary/aromatic N) is 2. The first-order valence-corrected chi connectivity index (χ1v) is 9.92. The van der Waals surface area contributed by atoms with Crippen molar-refractivity contribution in [1.29, 1.82) is 0 Å². The van der Waals surface area contributed by atoms with E-state index in [4.69, 9.17) is 26.8 Å². The van der Waals surface area contributed by atoms with Crippen molar-refractivity contribution in [2.24, 2.45) is 0 Å². The molecule has 0 saturated carbocycles. The molecule has 0 aliphatic rings. The summed E-state index contributed by atoms with van der Waals surface area (Å²) in [5, 5.41) is 15.2. The Morgan fingerprint density at radius 3 is 2.83 bits per heavy atom. The second kappa shape index (κ2) is 11.6. The Labute approximate surface area is 188 Å². The molecule has 0 aliphatic heterocycles. The van der Waals surface area contributed by atoms with Crippen molar-refractivity contribution in [2.45, 2.75) is 13.2 Å². The highest BCUT2D eigenvalue weighted by molar-refractivity contribution is 7.09. The molecule has 12 heteroatoms. The molecule has 0 radical (unpaired) electrons. The molecule has 30 heavy (non-hydrogen) atoms. The van der Waals surface area contributed by atoms with E-state index in [1.807, 2.05) is 29.6 Å². The maximum atomic E-state index is 11.8. The van der Waals surface area contributed by atoms with Crippen LogP contribution in [0.3, 0.4) is 0 Å². The number of aromatic nitrogens is 2. The summed E-state index contributed by atoms with van der Waals surface area (Å²) in [6.45, 7) is 1.85. The van der Waals surface area contributed by atoms with E-state index >= 15 is 0 Å². The van der Waals surface area contributed by atoms with Gasteiger partial charge in [0.2, 0.25) is 11.5 Å². The van der Waals surface area contributed by atoms with E-state index in [1.165, 1.54) is 0 Å². The molecule has 0 atom stereocenters. The van der Waals surface area contributed by atoms with Gasteiger partial charge in [-0.25, -0.2) is 4.63 Å². The summed E-state index contributed by atoms with van der Waals surface area (Å²) in [5.74, 6) is 0.589. The first kappa shape index (κ1) is 23.7. The van der Waals surface area contributed by atoms with Crippen molar-refractivity contribution in [2.75, 3.05) is 25.9 Å². The Bertz CT molecular complexity index is 952. The number of hydrogen-bond acceptors (Lipinski definition) is 9. The number of thiophene rings is 1. The number of anilines is 1. The van der Waals surface area contributed by atoms with Gasteiger partial charge in [0.15, 0.2) is 11.5 Å². The zero-order chi connectivity index (χ0) is 20.6. The van der Waals surface area contributed by atoms with Crippen molar-refractivity contribution in [3.05, 3.63) is 50.8 Å². The largest absolute Gasteiger partial charge is 0.493 e. The lowest BCUT2D eigenvalue weighted by atomic mass is 10.2. The lowest BCUT2D eigenvalue weighted by molar-refractivity contribution is 0.0944. The number of amides is 1. The molecule has 0 aliphatic carbocycles. The Kier molecular flexibility index (Phi) is 9.18. The minimum absolute atomic E-state index is 0. The quantitative estimate of drug-likeness (QED) is 0.383. The van der Waals surface area contributed by atoms with Gasteiger partial charge in [-0.15, -0.1) is 23.7 Å². The summed E-state index contributed by atoms with van der Waals surface area (Å²) < 4.78 is 15.7. The molecule has 1 amide bonds. The van der Waals surface area contributed by atoms with Crippen molar-refractivity contribution >= 4 is 47.1 Å². The first-order chi connectivity index (χ1) is 14.1. The first-order valence-electron chi connectivity index (χ1n) is 8.67. The van der Waals surface area contributed by atoms with E-state index < -0.39 is 5.91 Å². The van der Waals surface area contributed by atoms with Crippen LogP contribution in [-0.4, -0.2) is 36.4 Å². The highest BCUT2D eigenvalue weighted by Crippen LogP contribution is 2.37. The minimum Gasteiger partial charge on any atom is -0.493 e. The molecule has 3 rings (SSSR count). The maximum absolute atomic E-state index is 11.8. The topological polar surface area (TPSA) is 125 Å². The van der Waals surface area contributed by atoms with E-state index in [2.05, 4.69) is 25.6 Å². The van der Waals surface area contributed by atoms with Crippen molar-refractivity contribution in [1.82, 2.24) is 20.9 Å². The van der Waals surface area contributed by atoms with Gasteiger partial charge in [0.1, 0.15) is 6.61 Å². The molecular weight excluding hydrogens is 453 g/mol. The third kappa shape index (κ3) is 6.23. The number of nitrogens with one attached hydrogen (secondary N) is 2. The Morgan fingerprint density at radius 1 is 1.33 bits per heavy atom. The zero-order valence-corrected chi connectivity index (χ0v) is 18.4. The third-order valence-corrected chi connectivity index (χ3v) is 5.00. The molecule has 0 bridgehead atoms. The second-order valence-electron chi connectivity index (χ2n) is 5.91. The van der Waals surface area contributed by atoms with Crippen LogP contribution in [0.5, 0.6) is 11.5 Å². The molecule has 4 N–H and O–H groups in total. The molecule has 9 nitrogen and oxygen atoms in total. The predicted octanol–water partition coefficient (Wildman–Crippen LogP) is 2.90. The van der Waals surface area contributed by atoms with Crippen LogP contribution >= 0.6 is 35.3 Å². The van der Waals surface area contributed by atoms with Crippen molar-refractivity contribution in [3.8, 4) is 11.5 Å². The summed E-state index contributed by atoms with van der Waals surface area (Å²) in [4.78, 5) is 12.9. The van der Waals surface area contributed by atoms with Gasteiger partial charge in [-0.1, -0.05) is 17.7 Å². The minimum atomic E-state index is -0.442. The number of nitrogen functional groups attached to an aromatic ring is 1. The Balaban J connectivity index is 0.00000320. The van der Waals surface area contributed by atoms with Crippen LogP contribution in [0.25, 0.3) is 0 Å². The number of hydrogen-bond donors (Lipinski definition) is 3. The monoisotopic (exact) mass is 473 g/mol. The average Bonchev–Trinajstić information content (AvgIpc) is 3.38. The molecule has 0 unspecified atom stereocenters. The lowest BCUT2D eigenvalue weighted by Crippen LogP contribution is -2.32. The average molecular weight is 474 g/mol. The van der Waals surface area contributed by atoms with Gasteiger partial charge < -0.3 is 25.8 Å². The molecule has 3 aromatic rings. The van der Waals surface area contributed by atoms with Crippen molar-refractivity contribution in [3.63, 3.8) is 0 Å². The fourth-order valence-corrected chi connectivity index (χ4v) is 3.39. The van der Waals surface area contributed by atoms with Crippen LogP contribution in [0.2, 0.25) is 5.02 Å². The number of halogens is 2. The van der Waals surface area contributed by atoms with Crippen LogP contribution in [0, 0.1) is 0 Å². The number of benzene rings is 1. The predicted molar refractivity (Wildman–Crippen MR) is 117 cm³/mol. The van der Waals surface area contributed by atoms with Gasteiger partial charge in [-0.2, -0.15) is 0 Å². The van der Waals surface area contributed by atoms with Crippen LogP contribution in [-0.2, 0) is 13.2 Å². The van der Waals surface area contributed by atoms with E-state index in [0.717, 1.165) is 10.4 Å². The highest BCUT2D eigenvalue weighted by atomic mass is 35.5. The van der Waals surface area contributed by atoms with Crippen molar-refractivity contribution < 1.29 is 18.9 Å². The number of ether oxygens (including phenoxy) is 2. The Hall–Kier alpha value is -2.53. The number of nitrogens with two attached hydrogens (primary N) is 1. The summed E-state index contributed by atoms with van der Waals surface area (Å²) in [5.41, 5.74) is 6.37. The Morgan fingerprint density at radius 2 is 2.17 bits per heavy atom. The molecule has 1 aromatic carbocycles. The van der Waals surface area contributed by atoms with Gasteiger partial charge in [-0.3, -0.25) is 4.79 Å². The third-order valence-electron chi connectivity index (χ3n) is 3.87. The smallest absolute Gasteiger partial charge is 0.277 e. The van der Waals surface area contributed by atoms with Crippen LogP contribution in [0.4, 0.5) is 5.82 Å². The fraction of sp³-hybridized carbons (Fsp3) is 0.278. The van der Waals surface area contributed by atoms with E-state index in [0.29, 0.717) is 42.8 Å². The SMILES string of the molecule is COc1cc(CNCCNC(=O)c2nonc2N)cc(Cl)c1OCc1cccs1.Cl. The van der Waals surface area contributed by atoms with Gasteiger partial charge in [0, 0.05) is 24.5 Å². The van der Waals surface area contributed by atoms with Crippen LogP contribution in [0.15, 0.2) is 34.3 Å². The molecular formula is C18H21Cl2N5O4S. The summed E-state index contributed by atoms with van der Waals surface area (Å²) in [6.07, 6.45) is 0. The van der Waals surface area contributed by atoms with E-state index in [9.17, 15) is 4.79 Å². The lowest BCUT2D eigenvalue weighted by Gasteiger charge is -2.14. The number of carbonyl (C=O) groups is 1. The van der Waals surface area contributed by atoms with Gasteiger partial charge in [-0.05, 0) is 39.5 Å². The molecule has 2 heterocycles. The van der Waals surface area contributed by atoms with E-state index in [-0.39, 0.29) is 23.9 Å². The summed E-state index contributed by atoms with van der Waals surface area (Å²) >= 11 is 8.00. The van der Waals surface area contributed by atoms with Crippen LogP contribution in [0.1, 0.15) is 20.9 Å². The van der Waals surface area contributed by atoms with Gasteiger partial charge >= 0.3 is 0 Å². The van der Waals surface area contributed by atoms with Crippen LogP contribution < -0.4 is 25.8 Å². The molecule has 2 aromatic heterocycles. The van der Waals surface area contributed by atoms with E-state index in [1.54, 1.807) is 18.4 Å².